The number of aromatic nitrogens is 3. The summed E-state index contributed by atoms with van der Waals surface area (Å²) >= 11 is 0. The summed E-state index contributed by atoms with van der Waals surface area (Å²) in [7, 11) is 0. The van der Waals surface area contributed by atoms with Crippen LogP contribution >= 0.6 is 0 Å². The van der Waals surface area contributed by atoms with Crippen molar-refractivity contribution in [1.82, 2.24) is 19.8 Å². The Bertz CT molecular complexity index is 705. The minimum atomic E-state index is -0.985. The molecule has 1 saturated heterocycles. The van der Waals surface area contributed by atoms with Crippen molar-refractivity contribution in [1.29, 1.82) is 0 Å². The van der Waals surface area contributed by atoms with Crippen molar-refractivity contribution in [2.45, 2.75) is 32.4 Å². The largest absolute Gasteiger partial charge is 0.480 e. The number of carboxylic acids is 1. The highest BCUT2D eigenvalue weighted by Gasteiger charge is 2.35. The molecule has 3 rings (SSSR count). The highest BCUT2D eigenvalue weighted by molar-refractivity contribution is 5.95. The first kappa shape index (κ1) is 14.3. The summed E-state index contributed by atoms with van der Waals surface area (Å²) in [6.45, 7) is 2.73. The summed E-state index contributed by atoms with van der Waals surface area (Å²) in [6.07, 6.45) is 4.73. The van der Waals surface area contributed by atoms with Crippen LogP contribution in [0.4, 0.5) is 0 Å². The number of hydrogen-bond donors (Lipinski definition) is 1. The van der Waals surface area contributed by atoms with E-state index in [0.29, 0.717) is 31.7 Å². The number of rotatable bonds is 4. The van der Waals surface area contributed by atoms with Gasteiger partial charge in [-0.2, -0.15) is 5.10 Å². The highest BCUT2D eigenvalue weighted by Crippen LogP contribution is 2.20. The van der Waals surface area contributed by atoms with Crippen molar-refractivity contribution in [2.75, 3.05) is 6.54 Å². The molecule has 0 saturated carbocycles. The summed E-state index contributed by atoms with van der Waals surface area (Å²) in [5.74, 6) is -0.893. The fraction of sp³-hybridized carbons (Fsp3) is 0.429. The van der Waals surface area contributed by atoms with Gasteiger partial charge in [0.15, 0.2) is 11.5 Å². The number of amides is 1. The lowest BCUT2D eigenvalue weighted by Crippen LogP contribution is -2.40. The molecular formula is C14H16N4O4. The second-order valence-corrected chi connectivity index (χ2v) is 5.39. The van der Waals surface area contributed by atoms with Gasteiger partial charge in [-0.1, -0.05) is 5.16 Å². The number of aryl methyl sites for hydroxylation is 1. The van der Waals surface area contributed by atoms with E-state index in [1.54, 1.807) is 10.9 Å². The molecule has 1 aliphatic rings. The van der Waals surface area contributed by atoms with E-state index in [1.165, 1.54) is 11.0 Å². The van der Waals surface area contributed by atoms with E-state index in [9.17, 15) is 9.59 Å². The molecule has 0 spiro atoms. The Labute approximate surface area is 126 Å². The lowest BCUT2D eigenvalue weighted by Gasteiger charge is -2.19. The van der Waals surface area contributed by atoms with E-state index >= 15 is 0 Å². The van der Waals surface area contributed by atoms with E-state index < -0.39 is 17.9 Å². The maximum Gasteiger partial charge on any atom is 0.326 e. The molecule has 0 aliphatic carbocycles. The predicted molar refractivity (Wildman–Crippen MR) is 74.3 cm³/mol. The van der Waals surface area contributed by atoms with Crippen LogP contribution in [-0.4, -0.2) is 49.4 Å². The predicted octanol–water partition coefficient (Wildman–Crippen LogP) is 0.917. The number of likely N-dealkylation sites (tertiary alicyclic amines) is 1. The molecule has 116 valence electrons. The lowest BCUT2D eigenvalue weighted by atomic mass is 10.2. The van der Waals surface area contributed by atoms with E-state index in [-0.39, 0.29) is 5.69 Å². The lowest BCUT2D eigenvalue weighted by molar-refractivity contribution is -0.141. The van der Waals surface area contributed by atoms with Gasteiger partial charge in [0.1, 0.15) is 12.6 Å². The molecule has 1 N–H and O–H groups in total. The summed E-state index contributed by atoms with van der Waals surface area (Å²) < 4.78 is 6.83. The summed E-state index contributed by atoms with van der Waals surface area (Å²) in [4.78, 5) is 24.8. The molecule has 3 heterocycles. The van der Waals surface area contributed by atoms with Crippen LogP contribution in [0.3, 0.4) is 0 Å². The Morgan fingerprint density at radius 2 is 2.32 bits per heavy atom. The molecule has 2 aromatic heterocycles. The van der Waals surface area contributed by atoms with Crippen LogP contribution in [0.2, 0.25) is 0 Å². The first-order valence-corrected chi connectivity index (χ1v) is 7.03. The van der Waals surface area contributed by atoms with E-state index in [4.69, 9.17) is 9.63 Å². The monoisotopic (exact) mass is 304 g/mol. The normalized spacial score (nSPS) is 17.9. The minimum absolute atomic E-state index is 0.132. The number of carbonyl (C=O) groups excluding carboxylic acids is 1. The van der Waals surface area contributed by atoms with Gasteiger partial charge >= 0.3 is 5.97 Å². The third kappa shape index (κ3) is 2.72. The summed E-state index contributed by atoms with van der Waals surface area (Å²) in [5.41, 5.74) is 1.16. The van der Waals surface area contributed by atoms with Crippen molar-refractivity contribution < 1.29 is 19.2 Å². The molecule has 1 fully saturated rings. The number of carboxylic acid groups (broad SMARTS) is 1. The fourth-order valence-electron chi connectivity index (χ4n) is 2.62. The molecule has 0 bridgehead atoms. The van der Waals surface area contributed by atoms with Crippen LogP contribution in [-0.2, 0) is 11.3 Å². The molecule has 0 unspecified atom stereocenters. The average Bonchev–Trinajstić information content (AvgIpc) is 3.19. The van der Waals surface area contributed by atoms with Gasteiger partial charge in [0, 0.05) is 18.8 Å². The van der Waals surface area contributed by atoms with Gasteiger partial charge in [0.05, 0.1) is 6.20 Å². The van der Waals surface area contributed by atoms with E-state index in [1.807, 2.05) is 13.1 Å². The second kappa shape index (κ2) is 5.63. The molecule has 1 aliphatic heterocycles. The third-order valence-electron chi connectivity index (χ3n) is 3.66. The first-order chi connectivity index (χ1) is 10.5. The maximum atomic E-state index is 12.3. The van der Waals surface area contributed by atoms with Crippen LogP contribution in [0.15, 0.2) is 23.0 Å². The van der Waals surface area contributed by atoms with Gasteiger partial charge in [-0.3, -0.25) is 9.48 Å². The van der Waals surface area contributed by atoms with Crippen molar-refractivity contribution in [3.63, 3.8) is 0 Å². The average molecular weight is 304 g/mol. The van der Waals surface area contributed by atoms with Crippen molar-refractivity contribution in [3.8, 4) is 0 Å². The minimum Gasteiger partial charge on any atom is -0.480 e. The van der Waals surface area contributed by atoms with Gasteiger partial charge in [-0.05, 0) is 25.3 Å². The fourth-order valence-corrected chi connectivity index (χ4v) is 2.62. The van der Waals surface area contributed by atoms with Gasteiger partial charge in [0.2, 0.25) is 0 Å². The van der Waals surface area contributed by atoms with E-state index in [2.05, 4.69) is 10.3 Å². The SMILES string of the molecule is Cc1cnn(Cc2cc(C(=O)N3CCC[C@@H]3C(=O)O)no2)c1. The van der Waals surface area contributed by atoms with E-state index in [0.717, 1.165) is 5.56 Å². The molecule has 8 heteroatoms. The number of hydrogen-bond acceptors (Lipinski definition) is 5. The molecule has 22 heavy (non-hydrogen) atoms. The van der Waals surface area contributed by atoms with Crippen LogP contribution in [0.1, 0.15) is 34.7 Å². The Morgan fingerprint density at radius 1 is 1.50 bits per heavy atom. The number of nitrogens with zero attached hydrogens (tertiary/aromatic N) is 4. The van der Waals surface area contributed by atoms with Crippen molar-refractivity contribution >= 4 is 11.9 Å². The second-order valence-electron chi connectivity index (χ2n) is 5.39. The molecule has 2 aromatic rings. The molecule has 0 radical (unpaired) electrons. The van der Waals surface area contributed by atoms with Gasteiger partial charge in [0.25, 0.3) is 5.91 Å². The Hall–Kier alpha value is -2.64. The molecule has 0 aromatic carbocycles. The third-order valence-corrected chi connectivity index (χ3v) is 3.66. The molecule has 1 amide bonds. The van der Waals surface area contributed by atoms with Crippen LogP contribution in [0.5, 0.6) is 0 Å². The molecule has 1 atom stereocenters. The number of carbonyl (C=O) groups is 2. The zero-order valence-corrected chi connectivity index (χ0v) is 12.1. The smallest absolute Gasteiger partial charge is 0.326 e. The maximum absolute atomic E-state index is 12.3. The van der Waals surface area contributed by atoms with Gasteiger partial charge in [-0.25, -0.2) is 4.79 Å². The first-order valence-electron chi connectivity index (χ1n) is 7.03. The van der Waals surface area contributed by atoms with Crippen LogP contribution in [0.25, 0.3) is 0 Å². The zero-order chi connectivity index (χ0) is 15.7. The number of aliphatic carboxylic acids is 1. The Kier molecular flexibility index (Phi) is 3.66. The van der Waals surface area contributed by atoms with Crippen LogP contribution in [0, 0.1) is 6.92 Å². The molecular weight excluding hydrogens is 288 g/mol. The Balaban J connectivity index is 1.73. The van der Waals surface area contributed by atoms with Crippen molar-refractivity contribution in [3.05, 3.63) is 35.5 Å². The van der Waals surface area contributed by atoms with Gasteiger partial charge < -0.3 is 14.5 Å². The highest BCUT2D eigenvalue weighted by atomic mass is 16.5. The summed E-state index contributed by atoms with van der Waals surface area (Å²) in [6, 6.07) is 0.762. The molecule has 8 nitrogen and oxygen atoms in total. The van der Waals surface area contributed by atoms with Gasteiger partial charge in [-0.15, -0.1) is 0 Å². The quantitative estimate of drug-likeness (QED) is 0.901. The van der Waals surface area contributed by atoms with Crippen LogP contribution < -0.4 is 0 Å². The zero-order valence-electron chi connectivity index (χ0n) is 12.1. The summed E-state index contributed by atoms with van der Waals surface area (Å²) in [5, 5.41) is 17.0. The Morgan fingerprint density at radius 3 is 3.00 bits per heavy atom. The standard InChI is InChI=1S/C14H16N4O4/c1-9-6-15-17(7-9)8-10-5-11(16-22-10)13(19)18-4-2-3-12(18)14(20)21/h5-7,12H,2-4,8H2,1H3,(H,20,21)/t12-/m1/s1. The topological polar surface area (TPSA) is 101 Å². The van der Waals surface area contributed by atoms with Crippen molar-refractivity contribution in [2.24, 2.45) is 0 Å².